The van der Waals surface area contributed by atoms with E-state index in [4.69, 9.17) is 4.74 Å². The van der Waals surface area contributed by atoms with Crippen LogP contribution in [0.3, 0.4) is 0 Å². The molecule has 0 radical (unpaired) electrons. The lowest BCUT2D eigenvalue weighted by Crippen LogP contribution is -2.53. The van der Waals surface area contributed by atoms with Gasteiger partial charge in [0.2, 0.25) is 5.91 Å². The van der Waals surface area contributed by atoms with Gasteiger partial charge in [-0.3, -0.25) is 9.59 Å². The van der Waals surface area contributed by atoms with Gasteiger partial charge in [0.25, 0.3) is 5.91 Å². The van der Waals surface area contributed by atoms with Crippen molar-refractivity contribution in [3.63, 3.8) is 0 Å². The molecule has 1 atom stereocenters. The molecule has 37 heavy (non-hydrogen) atoms. The quantitative estimate of drug-likeness (QED) is 0.532. The zero-order chi connectivity index (χ0) is 26.6. The molecule has 2 aromatic rings. The van der Waals surface area contributed by atoms with Crippen LogP contribution in [0.25, 0.3) is 0 Å². The summed E-state index contributed by atoms with van der Waals surface area (Å²) in [6.45, 7) is 3.62. The number of carbonyl (C=O) groups excluding carboxylic acids is 2. The largest absolute Gasteiger partial charge is 0.493 e. The normalized spacial score (nSPS) is 21.1. The number of piperidine rings is 1. The predicted molar refractivity (Wildman–Crippen MR) is 130 cm³/mol. The van der Waals surface area contributed by atoms with Gasteiger partial charge in [-0.25, -0.2) is 4.39 Å². The maximum atomic E-state index is 13.3. The van der Waals surface area contributed by atoms with Crippen LogP contribution in [0, 0.1) is 11.2 Å². The Balaban J connectivity index is 1.52. The summed E-state index contributed by atoms with van der Waals surface area (Å²) < 4.78 is 58.2. The molecule has 2 aliphatic heterocycles. The van der Waals surface area contributed by atoms with Gasteiger partial charge in [0.15, 0.2) is 0 Å². The third kappa shape index (κ3) is 6.80. The molecule has 2 aromatic carbocycles. The van der Waals surface area contributed by atoms with Crippen molar-refractivity contribution in [2.75, 3.05) is 52.9 Å². The van der Waals surface area contributed by atoms with Gasteiger partial charge >= 0.3 is 6.18 Å². The minimum atomic E-state index is -4.48. The summed E-state index contributed by atoms with van der Waals surface area (Å²) in [6, 6.07) is 9.78. The first-order valence-corrected chi connectivity index (χ1v) is 12.4. The number of hydrogen-bond acceptors (Lipinski definition) is 4. The van der Waals surface area contributed by atoms with Crippen LogP contribution in [0.2, 0.25) is 0 Å². The average Bonchev–Trinajstić information content (AvgIpc) is 2.88. The molecule has 0 aliphatic carbocycles. The topological polar surface area (TPSA) is 53.1 Å². The van der Waals surface area contributed by atoms with Crippen molar-refractivity contribution >= 4 is 11.8 Å². The standard InChI is InChI=1S/C27H31F4N3O3/c1-32-13-15-33(16-14-32)24(35)17-26(19-37-23-9-7-22(28)8-10-23)11-2-12-34(18-26)25(36)20-3-5-21(6-4-20)27(29,30)31/h3-10H,2,11-19H2,1H3/t26-/m1/s1. The predicted octanol–water partition coefficient (Wildman–Crippen LogP) is 4.31. The second-order valence-corrected chi connectivity index (χ2v) is 10.0. The summed E-state index contributed by atoms with van der Waals surface area (Å²) >= 11 is 0. The van der Waals surface area contributed by atoms with E-state index in [2.05, 4.69) is 4.90 Å². The van der Waals surface area contributed by atoms with Crippen LogP contribution in [0.1, 0.15) is 35.2 Å². The molecule has 0 aromatic heterocycles. The molecule has 0 spiro atoms. The Morgan fingerprint density at radius 2 is 1.57 bits per heavy atom. The molecule has 0 N–H and O–H groups in total. The molecule has 2 heterocycles. The Bertz CT molecular complexity index is 1080. The van der Waals surface area contributed by atoms with E-state index < -0.39 is 23.0 Å². The number of ether oxygens (including phenoxy) is 1. The third-order valence-corrected chi connectivity index (χ3v) is 7.15. The van der Waals surface area contributed by atoms with Crippen molar-refractivity contribution in [2.45, 2.75) is 25.4 Å². The minimum absolute atomic E-state index is 0.0142. The van der Waals surface area contributed by atoms with Crippen molar-refractivity contribution in [1.82, 2.24) is 14.7 Å². The van der Waals surface area contributed by atoms with Crippen molar-refractivity contribution in [2.24, 2.45) is 5.41 Å². The van der Waals surface area contributed by atoms with Gasteiger partial charge in [-0.1, -0.05) is 0 Å². The van der Waals surface area contributed by atoms with Crippen molar-refractivity contribution in [1.29, 1.82) is 0 Å². The maximum absolute atomic E-state index is 13.3. The van der Waals surface area contributed by atoms with Gasteiger partial charge in [-0.05, 0) is 68.4 Å². The van der Waals surface area contributed by atoms with E-state index in [0.29, 0.717) is 38.2 Å². The van der Waals surface area contributed by atoms with Crippen molar-refractivity contribution in [3.8, 4) is 5.75 Å². The van der Waals surface area contributed by atoms with E-state index in [0.717, 1.165) is 25.2 Å². The number of hydrogen-bond donors (Lipinski definition) is 0. The van der Waals surface area contributed by atoms with Crippen molar-refractivity contribution in [3.05, 3.63) is 65.5 Å². The molecular formula is C27H31F4N3O3. The number of alkyl halides is 3. The molecule has 2 amide bonds. The highest BCUT2D eigenvalue weighted by Crippen LogP contribution is 2.36. The molecule has 2 aliphatic rings. The van der Waals surface area contributed by atoms with E-state index in [-0.39, 0.29) is 37.0 Å². The van der Waals surface area contributed by atoms with E-state index in [1.807, 2.05) is 11.9 Å². The Morgan fingerprint density at radius 3 is 2.19 bits per heavy atom. The smallest absolute Gasteiger partial charge is 0.416 e. The number of likely N-dealkylation sites (N-methyl/N-ethyl adjacent to an activating group) is 1. The van der Waals surface area contributed by atoms with Gasteiger partial charge < -0.3 is 19.4 Å². The Labute approximate surface area is 213 Å². The van der Waals surface area contributed by atoms with Gasteiger partial charge in [0, 0.05) is 56.7 Å². The van der Waals surface area contributed by atoms with Gasteiger partial charge in [0.05, 0.1) is 12.2 Å². The van der Waals surface area contributed by atoms with Crippen LogP contribution in [0.15, 0.2) is 48.5 Å². The average molecular weight is 522 g/mol. The van der Waals surface area contributed by atoms with Crippen LogP contribution in [-0.2, 0) is 11.0 Å². The molecule has 0 bridgehead atoms. The van der Waals surface area contributed by atoms with Crippen LogP contribution < -0.4 is 4.74 Å². The highest BCUT2D eigenvalue weighted by molar-refractivity contribution is 5.94. The summed E-state index contributed by atoms with van der Waals surface area (Å²) in [6.07, 6.45) is -3.04. The fraction of sp³-hybridized carbons (Fsp3) is 0.481. The summed E-state index contributed by atoms with van der Waals surface area (Å²) in [5, 5.41) is 0. The number of carbonyl (C=O) groups is 2. The van der Waals surface area contributed by atoms with E-state index in [9.17, 15) is 27.2 Å². The molecule has 2 fully saturated rings. The van der Waals surface area contributed by atoms with Gasteiger partial charge in [-0.15, -0.1) is 0 Å². The summed E-state index contributed by atoms with van der Waals surface area (Å²) in [5.41, 5.74) is -1.34. The Kier molecular flexibility index (Phi) is 8.06. The number of amides is 2. The molecule has 2 saturated heterocycles. The number of piperazine rings is 1. The number of nitrogens with zero attached hydrogens (tertiary/aromatic N) is 3. The van der Waals surface area contributed by atoms with E-state index in [1.165, 1.54) is 36.4 Å². The Morgan fingerprint density at radius 1 is 0.919 bits per heavy atom. The van der Waals surface area contributed by atoms with E-state index >= 15 is 0 Å². The number of rotatable bonds is 6. The highest BCUT2D eigenvalue weighted by atomic mass is 19.4. The second kappa shape index (κ2) is 11.1. The number of benzene rings is 2. The van der Waals surface area contributed by atoms with Gasteiger partial charge in [-0.2, -0.15) is 13.2 Å². The van der Waals surface area contributed by atoms with Crippen LogP contribution in [-0.4, -0.2) is 79.4 Å². The monoisotopic (exact) mass is 521 g/mol. The van der Waals surface area contributed by atoms with Crippen LogP contribution in [0.4, 0.5) is 17.6 Å². The molecular weight excluding hydrogens is 490 g/mol. The number of likely N-dealkylation sites (tertiary alicyclic amines) is 1. The van der Waals surface area contributed by atoms with Crippen LogP contribution in [0.5, 0.6) is 5.75 Å². The summed E-state index contributed by atoms with van der Waals surface area (Å²) in [7, 11) is 2.01. The SMILES string of the molecule is CN1CCN(C(=O)C[C@]2(COc3ccc(F)cc3)CCCN(C(=O)c3ccc(C(F)(F)F)cc3)C2)CC1. The fourth-order valence-corrected chi connectivity index (χ4v) is 4.93. The summed E-state index contributed by atoms with van der Waals surface area (Å²) in [4.78, 5) is 32.1. The molecule has 10 heteroatoms. The van der Waals surface area contributed by atoms with Crippen LogP contribution >= 0.6 is 0 Å². The lowest BCUT2D eigenvalue weighted by atomic mass is 9.77. The first kappa shape index (κ1) is 26.9. The number of halogens is 4. The van der Waals surface area contributed by atoms with Crippen molar-refractivity contribution < 1.29 is 31.9 Å². The molecule has 6 nitrogen and oxygen atoms in total. The zero-order valence-electron chi connectivity index (χ0n) is 20.8. The first-order chi connectivity index (χ1) is 17.5. The fourth-order valence-electron chi connectivity index (χ4n) is 4.93. The second-order valence-electron chi connectivity index (χ2n) is 10.0. The third-order valence-electron chi connectivity index (χ3n) is 7.15. The molecule has 0 unspecified atom stereocenters. The first-order valence-electron chi connectivity index (χ1n) is 12.4. The Hall–Kier alpha value is -3.14. The summed E-state index contributed by atoms with van der Waals surface area (Å²) in [5.74, 6) is -0.330. The minimum Gasteiger partial charge on any atom is -0.493 e. The molecule has 0 saturated carbocycles. The molecule has 4 rings (SSSR count). The highest BCUT2D eigenvalue weighted by Gasteiger charge is 2.41. The lowest BCUT2D eigenvalue weighted by Gasteiger charge is -2.43. The maximum Gasteiger partial charge on any atom is 0.416 e. The van der Waals surface area contributed by atoms with E-state index in [1.54, 1.807) is 4.90 Å². The lowest BCUT2D eigenvalue weighted by molar-refractivity contribution is -0.138. The molecule has 200 valence electrons. The van der Waals surface area contributed by atoms with Gasteiger partial charge in [0.1, 0.15) is 11.6 Å². The zero-order valence-corrected chi connectivity index (χ0v) is 20.8.